The number of hydrogen-bond donors (Lipinski definition) is 1. The molecule has 0 aliphatic heterocycles. The van der Waals surface area contributed by atoms with E-state index in [2.05, 4.69) is 12.2 Å². The molecule has 1 aliphatic carbocycles. The molecule has 1 saturated carbocycles. The van der Waals surface area contributed by atoms with E-state index in [1.54, 1.807) is 0 Å². The van der Waals surface area contributed by atoms with Crippen molar-refractivity contribution in [3.05, 3.63) is 0 Å². The maximum absolute atomic E-state index is 11.6. The summed E-state index contributed by atoms with van der Waals surface area (Å²) in [7, 11) is 0. The number of nitrogens with one attached hydrogen (secondary N) is 1. The molecule has 1 rings (SSSR count). The summed E-state index contributed by atoms with van der Waals surface area (Å²) >= 11 is 0. The summed E-state index contributed by atoms with van der Waals surface area (Å²) in [5.41, 5.74) is -0.0921. The fourth-order valence-corrected chi connectivity index (χ4v) is 2.53. The molecule has 0 atom stereocenters. The molecule has 1 fully saturated rings. The normalized spacial score (nSPS) is 19.8. The van der Waals surface area contributed by atoms with E-state index >= 15 is 0 Å². The van der Waals surface area contributed by atoms with E-state index in [1.807, 2.05) is 20.8 Å². The molecule has 0 aromatic rings. The van der Waals surface area contributed by atoms with Crippen LogP contribution < -0.4 is 5.32 Å². The summed E-state index contributed by atoms with van der Waals surface area (Å²) < 4.78 is 5.27. The van der Waals surface area contributed by atoms with Crippen LogP contribution in [-0.4, -0.2) is 18.2 Å². The molecular formula is C14H27NO2. The highest BCUT2D eigenvalue weighted by atomic mass is 16.6. The van der Waals surface area contributed by atoms with Crippen LogP contribution in [0.5, 0.6) is 0 Å². The summed E-state index contributed by atoms with van der Waals surface area (Å²) in [6.07, 6.45) is 7.26. The van der Waals surface area contributed by atoms with Crippen molar-refractivity contribution < 1.29 is 9.53 Å². The first-order valence-corrected chi connectivity index (χ1v) is 6.84. The SMILES string of the molecule is CCC1(CNC(=O)OC(C)(C)C)CCCCC1. The zero-order valence-corrected chi connectivity index (χ0v) is 11.8. The highest BCUT2D eigenvalue weighted by Crippen LogP contribution is 2.38. The van der Waals surface area contributed by atoms with Crippen molar-refractivity contribution in [2.24, 2.45) is 5.41 Å². The van der Waals surface area contributed by atoms with Gasteiger partial charge in [-0.2, -0.15) is 0 Å². The Kier molecular flexibility index (Phi) is 4.84. The van der Waals surface area contributed by atoms with Crippen molar-refractivity contribution in [1.82, 2.24) is 5.32 Å². The van der Waals surface area contributed by atoms with E-state index in [9.17, 15) is 4.79 Å². The van der Waals surface area contributed by atoms with Crippen molar-refractivity contribution in [1.29, 1.82) is 0 Å². The smallest absolute Gasteiger partial charge is 0.407 e. The van der Waals surface area contributed by atoms with E-state index in [-0.39, 0.29) is 6.09 Å². The molecule has 17 heavy (non-hydrogen) atoms. The van der Waals surface area contributed by atoms with Crippen LogP contribution in [0.1, 0.15) is 66.2 Å². The Balaban J connectivity index is 2.39. The number of carbonyl (C=O) groups is 1. The number of ether oxygens (including phenoxy) is 1. The summed E-state index contributed by atoms with van der Waals surface area (Å²) in [6.45, 7) is 8.66. The van der Waals surface area contributed by atoms with E-state index in [0.717, 1.165) is 13.0 Å². The van der Waals surface area contributed by atoms with Crippen LogP contribution in [0.25, 0.3) is 0 Å². The van der Waals surface area contributed by atoms with Gasteiger partial charge in [-0.05, 0) is 45.4 Å². The van der Waals surface area contributed by atoms with E-state index in [0.29, 0.717) is 5.41 Å². The molecule has 1 N–H and O–H groups in total. The van der Waals surface area contributed by atoms with Gasteiger partial charge in [0.1, 0.15) is 5.60 Å². The molecule has 1 aliphatic rings. The van der Waals surface area contributed by atoms with Gasteiger partial charge in [-0.15, -0.1) is 0 Å². The minimum Gasteiger partial charge on any atom is -0.444 e. The maximum atomic E-state index is 11.6. The summed E-state index contributed by atoms with van der Waals surface area (Å²) in [5.74, 6) is 0. The third kappa shape index (κ3) is 4.97. The molecule has 0 unspecified atom stereocenters. The number of amides is 1. The Morgan fingerprint density at radius 2 is 1.82 bits per heavy atom. The third-order valence-corrected chi connectivity index (χ3v) is 3.67. The number of alkyl carbamates (subject to hydrolysis) is 1. The number of rotatable bonds is 3. The molecule has 1 amide bonds. The van der Waals surface area contributed by atoms with Gasteiger partial charge in [-0.1, -0.05) is 26.2 Å². The zero-order chi connectivity index (χ0) is 12.9. The van der Waals surface area contributed by atoms with Crippen LogP contribution >= 0.6 is 0 Å². The molecule has 0 aromatic heterocycles. The van der Waals surface area contributed by atoms with Crippen molar-refractivity contribution >= 4 is 6.09 Å². The standard InChI is InChI=1S/C14H27NO2/c1-5-14(9-7-6-8-10-14)11-15-12(16)17-13(2,3)4/h5-11H2,1-4H3,(H,15,16). The number of carbonyl (C=O) groups excluding carboxylic acids is 1. The van der Waals surface area contributed by atoms with Gasteiger partial charge in [0.25, 0.3) is 0 Å². The monoisotopic (exact) mass is 241 g/mol. The molecule has 100 valence electrons. The van der Waals surface area contributed by atoms with Crippen molar-refractivity contribution in [2.75, 3.05) is 6.54 Å². The summed E-state index contributed by atoms with van der Waals surface area (Å²) in [4.78, 5) is 11.6. The average molecular weight is 241 g/mol. The maximum Gasteiger partial charge on any atom is 0.407 e. The van der Waals surface area contributed by atoms with Crippen molar-refractivity contribution in [3.8, 4) is 0 Å². The van der Waals surface area contributed by atoms with E-state index in [1.165, 1.54) is 32.1 Å². The second kappa shape index (κ2) is 5.74. The van der Waals surface area contributed by atoms with E-state index < -0.39 is 5.60 Å². The van der Waals surface area contributed by atoms with Crippen LogP contribution in [0.4, 0.5) is 4.79 Å². The van der Waals surface area contributed by atoms with Gasteiger partial charge in [0.15, 0.2) is 0 Å². The minimum atomic E-state index is -0.407. The second-order valence-electron chi connectivity index (χ2n) is 6.27. The molecule has 3 nitrogen and oxygen atoms in total. The zero-order valence-electron chi connectivity index (χ0n) is 11.8. The van der Waals surface area contributed by atoms with Crippen LogP contribution in [0.2, 0.25) is 0 Å². The lowest BCUT2D eigenvalue weighted by Crippen LogP contribution is -2.41. The van der Waals surface area contributed by atoms with Gasteiger partial charge >= 0.3 is 6.09 Å². The first kappa shape index (κ1) is 14.3. The predicted molar refractivity (Wildman–Crippen MR) is 70.0 cm³/mol. The minimum absolute atomic E-state index is 0.282. The van der Waals surface area contributed by atoms with Gasteiger partial charge in [0, 0.05) is 6.54 Å². The van der Waals surface area contributed by atoms with Crippen molar-refractivity contribution in [2.45, 2.75) is 71.8 Å². The first-order chi connectivity index (χ1) is 7.87. The van der Waals surface area contributed by atoms with E-state index in [4.69, 9.17) is 4.74 Å². The lowest BCUT2D eigenvalue weighted by atomic mass is 9.72. The molecule has 0 bridgehead atoms. The Bertz CT molecular complexity index is 249. The van der Waals surface area contributed by atoms with Crippen LogP contribution in [-0.2, 0) is 4.74 Å². The predicted octanol–water partition coefficient (Wildman–Crippen LogP) is 3.87. The Morgan fingerprint density at radius 3 is 2.29 bits per heavy atom. The molecular weight excluding hydrogens is 214 g/mol. The molecule has 3 heteroatoms. The van der Waals surface area contributed by atoms with Gasteiger partial charge in [0.05, 0.1) is 0 Å². The van der Waals surface area contributed by atoms with Crippen LogP contribution in [0, 0.1) is 5.41 Å². The molecule has 0 aromatic carbocycles. The molecule has 0 saturated heterocycles. The second-order valence-corrected chi connectivity index (χ2v) is 6.27. The van der Waals surface area contributed by atoms with Crippen molar-refractivity contribution in [3.63, 3.8) is 0 Å². The van der Waals surface area contributed by atoms with Gasteiger partial charge in [-0.25, -0.2) is 4.79 Å². The molecule has 0 heterocycles. The average Bonchev–Trinajstić information content (AvgIpc) is 2.25. The van der Waals surface area contributed by atoms with Crippen LogP contribution in [0.15, 0.2) is 0 Å². The first-order valence-electron chi connectivity index (χ1n) is 6.84. The van der Waals surface area contributed by atoms with Gasteiger partial charge < -0.3 is 10.1 Å². The van der Waals surface area contributed by atoms with Crippen LogP contribution in [0.3, 0.4) is 0 Å². The fourth-order valence-electron chi connectivity index (χ4n) is 2.53. The molecule has 0 spiro atoms. The highest BCUT2D eigenvalue weighted by molar-refractivity contribution is 5.67. The van der Waals surface area contributed by atoms with Gasteiger partial charge in [-0.3, -0.25) is 0 Å². The Labute approximate surface area is 105 Å². The Morgan fingerprint density at radius 1 is 1.24 bits per heavy atom. The molecule has 0 radical (unpaired) electrons. The summed E-state index contributed by atoms with van der Waals surface area (Å²) in [5, 5.41) is 2.94. The fraction of sp³-hybridized carbons (Fsp3) is 0.929. The quantitative estimate of drug-likeness (QED) is 0.814. The topological polar surface area (TPSA) is 38.3 Å². The third-order valence-electron chi connectivity index (χ3n) is 3.67. The largest absolute Gasteiger partial charge is 0.444 e. The van der Waals surface area contributed by atoms with Gasteiger partial charge in [0.2, 0.25) is 0 Å². The summed E-state index contributed by atoms with van der Waals surface area (Å²) in [6, 6.07) is 0. The Hall–Kier alpha value is -0.730. The lowest BCUT2D eigenvalue weighted by Gasteiger charge is -2.36. The number of hydrogen-bond acceptors (Lipinski definition) is 2. The highest BCUT2D eigenvalue weighted by Gasteiger charge is 2.31. The lowest BCUT2D eigenvalue weighted by molar-refractivity contribution is 0.0480.